The van der Waals surface area contributed by atoms with Crippen molar-refractivity contribution in [3.63, 3.8) is 0 Å². The maximum absolute atomic E-state index is 12.6. The number of fused-ring (bicyclic) bond motifs is 4. The maximum atomic E-state index is 12.6. The lowest BCUT2D eigenvalue weighted by atomic mass is 9.74. The minimum atomic E-state index is -0.449. The third-order valence-corrected chi connectivity index (χ3v) is 6.14. The lowest BCUT2D eigenvalue weighted by molar-refractivity contribution is -0.122. The molecule has 1 aliphatic heterocycles. The molecule has 0 radical (unpaired) electrons. The Labute approximate surface area is 153 Å². The lowest BCUT2D eigenvalue weighted by Gasteiger charge is -2.34. The molecule has 0 saturated carbocycles. The Morgan fingerprint density at radius 1 is 1.04 bits per heavy atom. The number of aromatic nitrogens is 1. The van der Waals surface area contributed by atoms with Crippen LogP contribution < -0.4 is 5.32 Å². The Morgan fingerprint density at radius 3 is 2.73 bits per heavy atom. The number of para-hydroxylation sites is 1. The van der Waals surface area contributed by atoms with Crippen LogP contribution in [0.2, 0.25) is 0 Å². The molecule has 1 aliphatic carbocycles. The second-order valence-electron chi connectivity index (χ2n) is 7.93. The second kappa shape index (κ2) is 5.41. The fourth-order valence-electron chi connectivity index (χ4n) is 4.59. The van der Waals surface area contributed by atoms with Crippen LogP contribution in [0.1, 0.15) is 37.0 Å². The van der Waals surface area contributed by atoms with Gasteiger partial charge in [-0.25, -0.2) is 0 Å². The van der Waals surface area contributed by atoms with Crippen LogP contribution in [0.5, 0.6) is 0 Å². The first-order chi connectivity index (χ1) is 12.6. The molecule has 0 atom stereocenters. The molecule has 1 N–H and O–H groups in total. The molecule has 0 unspecified atom stereocenters. The molecule has 2 aromatic carbocycles. The van der Waals surface area contributed by atoms with Crippen molar-refractivity contribution in [3.8, 4) is 11.1 Å². The summed E-state index contributed by atoms with van der Waals surface area (Å²) >= 11 is 0. The predicted octanol–water partition coefficient (Wildman–Crippen LogP) is 4.66. The van der Waals surface area contributed by atoms with Gasteiger partial charge in [-0.15, -0.1) is 0 Å². The zero-order valence-electron chi connectivity index (χ0n) is 15.2. The SMILES string of the molecule is CC1(C)C(=O)CNc2c1cc(-c1ccnc3ccccc13)c1c2CCC1. The summed E-state index contributed by atoms with van der Waals surface area (Å²) in [7, 11) is 0. The molecule has 0 bridgehead atoms. The number of hydrogen-bond donors (Lipinski definition) is 1. The van der Waals surface area contributed by atoms with Gasteiger partial charge in [0.15, 0.2) is 5.78 Å². The third kappa shape index (κ3) is 2.06. The molecule has 2 aliphatic rings. The standard InChI is InChI=1S/C23H22N2O/c1-23(2)19-12-18(15-10-11-24-20-9-4-3-6-16(15)20)14-7-5-8-17(14)22(19)25-13-21(23)26/h3-4,6,9-12,25H,5,7-8,13H2,1-2H3. The van der Waals surface area contributed by atoms with Crippen LogP contribution in [0.4, 0.5) is 5.69 Å². The molecule has 5 rings (SSSR count). The van der Waals surface area contributed by atoms with Gasteiger partial charge in [-0.1, -0.05) is 18.2 Å². The molecule has 0 amide bonds. The van der Waals surface area contributed by atoms with Crippen molar-refractivity contribution in [1.82, 2.24) is 4.98 Å². The zero-order valence-corrected chi connectivity index (χ0v) is 15.2. The average Bonchev–Trinajstić information content (AvgIpc) is 3.14. The van der Waals surface area contributed by atoms with Crippen molar-refractivity contribution in [2.45, 2.75) is 38.5 Å². The summed E-state index contributed by atoms with van der Waals surface area (Å²) in [5.74, 6) is 0.258. The molecule has 3 heteroatoms. The van der Waals surface area contributed by atoms with E-state index in [1.807, 2.05) is 12.3 Å². The quantitative estimate of drug-likeness (QED) is 0.699. The highest BCUT2D eigenvalue weighted by Crippen LogP contribution is 2.46. The summed E-state index contributed by atoms with van der Waals surface area (Å²) in [6.07, 6.45) is 5.27. The van der Waals surface area contributed by atoms with Crippen molar-refractivity contribution in [1.29, 1.82) is 0 Å². The molecule has 3 nitrogen and oxygen atoms in total. The van der Waals surface area contributed by atoms with Gasteiger partial charge in [0, 0.05) is 17.3 Å². The second-order valence-corrected chi connectivity index (χ2v) is 7.93. The minimum absolute atomic E-state index is 0.258. The molecule has 0 spiro atoms. The highest BCUT2D eigenvalue weighted by atomic mass is 16.1. The van der Waals surface area contributed by atoms with Crippen LogP contribution >= 0.6 is 0 Å². The molecule has 0 saturated heterocycles. The number of Topliss-reactive ketones (excluding diaryl/α,β-unsaturated/α-hetero) is 1. The van der Waals surface area contributed by atoms with E-state index in [4.69, 9.17) is 0 Å². The number of carbonyl (C=O) groups excluding carboxylic acids is 1. The van der Waals surface area contributed by atoms with Gasteiger partial charge in [0.2, 0.25) is 0 Å². The van der Waals surface area contributed by atoms with E-state index in [2.05, 4.69) is 54.5 Å². The number of nitrogens with zero attached hydrogens (tertiary/aromatic N) is 1. The number of hydrogen-bond acceptors (Lipinski definition) is 3. The van der Waals surface area contributed by atoms with E-state index in [1.54, 1.807) is 0 Å². The molecule has 26 heavy (non-hydrogen) atoms. The van der Waals surface area contributed by atoms with E-state index in [0.29, 0.717) is 6.54 Å². The fraction of sp³-hybridized carbons (Fsp3) is 0.304. The molecule has 3 aromatic rings. The largest absolute Gasteiger partial charge is 0.377 e. The summed E-state index contributed by atoms with van der Waals surface area (Å²) in [5.41, 5.74) is 8.29. The molecule has 0 fully saturated rings. The van der Waals surface area contributed by atoms with Crippen LogP contribution in [0.15, 0.2) is 42.6 Å². The Bertz CT molecular complexity index is 1060. The first-order valence-corrected chi connectivity index (χ1v) is 9.38. The van der Waals surface area contributed by atoms with E-state index in [0.717, 1.165) is 23.9 Å². The fourth-order valence-corrected chi connectivity index (χ4v) is 4.59. The maximum Gasteiger partial charge on any atom is 0.161 e. The van der Waals surface area contributed by atoms with Crippen LogP contribution in [0.25, 0.3) is 22.0 Å². The van der Waals surface area contributed by atoms with Gasteiger partial charge in [-0.05, 0) is 79.1 Å². The van der Waals surface area contributed by atoms with Gasteiger partial charge in [0.1, 0.15) is 0 Å². The zero-order chi connectivity index (χ0) is 17.9. The van der Waals surface area contributed by atoms with E-state index in [-0.39, 0.29) is 5.78 Å². The van der Waals surface area contributed by atoms with Crippen molar-refractivity contribution in [2.24, 2.45) is 0 Å². The molecular weight excluding hydrogens is 320 g/mol. The summed E-state index contributed by atoms with van der Waals surface area (Å²) in [5, 5.41) is 4.60. The van der Waals surface area contributed by atoms with Gasteiger partial charge in [-0.3, -0.25) is 9.78 Å². The van der Waals surface area contributed by atoms with Crippen molar-refractivity contribution in [3.05, 3.63) is 59.3 Å². The normalized spacial score (nSPS) is 17.7. The van der Waals surface area contributed by atoms with E-state index in [1.165, 1.54) is 39.7 Å². The Balaban J connectivity index is 1.85. The van der Waals surface area contributed by atoms with E-state index >= 15 is 0 Å². The molecule has 1 aromatic heterocycles. The third-order valence-electron chi connectivity index (χ3n) is 6.14. The van der Waals surface area contributed by atoms with Crippen LogP contribution in [0, 0.1) is 0 Å². The number of benzene rings is 2. The number of carbonyl (C=O) groups is 1. The van der Waals surface area contributed by atoms with Crippen molar-refractivity contribution >= 4 is 22.4 Å². The minimum Gasteiger partial charge on any atom is -0.377 e. The van der Waals surface area contributed by atoms with Gasteiger partial charge in [-0.2, -0.15) is 0 Å². The summed E-state index contributed by atoms with van der Waals surface area (Å²) in [4.78, 5) is 17.1. The smallest absolute Gasteiger partial charge is 0.161 e. The monoisotopic (exact) mass is 342 g/mol. The van der Waals surface area contributed by atoms with E-state index < -0.39 is 5.41 Å². The molecular formula is C23H22N2O. The predicted molar refractivity (Wildman–Crippen MR) is 106 cm³/mol. The van der Waals surface area contributed by atoms with E-state index in [9.17, 15) is 4.79 Å². The van der Waals surface area contributed by atoms with Gasteiger partial charge < -0.3 is 5.32 Å². The Hall–Kier alpha value is -2.68. The first-order valence-electron chi connectivity index (χ1n) is 9.38. The highest BCUT2D eigenvalue weighted by Gasteiger charge is 2.38. The van der Waals surface area contributed by atoms with Crippen molar-refractivity contribution < 1.29 is 4.79 Å². The van der Waals surface area contributed by atoms with Crippen LogP contribution in [-0.2, 0) is 23.1 Å². The number of nitrogens with one attached hydrogen (secondary N) is 1. The van der Waals surface area contributed by atoms with Gasteiger partial charge >= 0.3 is 0 Å². The average molecular weight is 342 g/mol. The summed E-state index contributed by atoms with van der Waals surface area (Å²) < 4.78 is 0. The molecule has 130 valence electrons. The number of pyridine rings is 1. The molecule has 2 heterocycles. The Kier molecular flexibility index (Phi) is 3.24. The summed E-state index contributed by atoms with van der Waals surface area (Å²) in [6.45, 7) is 4.56. The van der Waals surface area contributed by atoms with Crippen molar-refractivity contribution in [2.75, 3.05) is 11.9 Å². The number of anilines is 1. The lowest BCUT2D eigenvalue weighted by Crippen LogP contribution is -2.39. The first kappa shape index (κ1) is 15.6. The number of rotatable bonds is 1. The topological polar surface area (TPSA) is 42.0 Å². The van der Waals surface area contributed by atoms with Gasteiger partial charge in [0.05, 0.1) is 17.5 Å². The number of ketones is 1. The van der Waals surface area contributed by atoms with Crippen LogP contribution in [0.3, 0.4) is 0 Å². The van der Waals surface area contributed by atoms with Crippen LogP contribution in [-0.4, -0.2) is 17.3 Å². The Morgan fingerprint density at radius 2 is 1.85 bits per heavy atom. The van der Waals surface area contributed by atoms with Gasteiger partial charge in [0.25, 0.3) is 0 Å². The summed E-state index contributed by atoms with van der Waals surface area (Å²) in [6, 6.07) is 12.7. The highest BCUT2D eigenvalue weighted by molar-refractivity contribution is 6.01.